The molecule has 90 valence electrons. The first-order valence-electron chi connectivity index (χ1n) is 5.32. The van der Waals surface area contributed by atoms with Crippen LogP contribution in [0.1, 0.15) is 13.3 Å². The van der Waals surface area contributed by atoms with Crippen molar-refractivity contribution in [1.82, 2.24) is 9.55 Å². The first-order valence-corrected chi connectivity index (χ1v) is 5.32. The van der Waals surface area contributed by atoms with Gasteiger partial charge < -0.3 is 9.15 Å². The van der Waals surface area contributed by atoms with Gasteiger partial charge in [0.15, 0.2) is 11.2 Å². The number of pyridine rings is 1. The molecule has 6 heteroatoms. The van der Waals surface area contributed by atoms with Gasteiger partial charge in [0.2, 0.25) is 0 Å². The average Bonchev–Trinajstić information content (AvgIpc) is 2.64. The molecule has 0 aliphatic heterocycles. The summed E-state index contributed by atoms with van der Waals surface area (Å²) in [4.78, 5) is 26.9. The predicted molar refractivity (Wildman–Crippen MR) is 59.5 cm³/mol. The molecular weight excluding hydrogens is 224 g/mol. The zero-order chi connectivity index (χ0) is 12.3. The SMILES string of the molecule is CCCOC(=O)Cn1c(=O)oc2cccnc21. The maximum absolute atomic E-state index is 11.5. The lowest BCUT2D eigenvalue weighted by atomic mass is 10.4. The highest BCUT2D eigenvalue weighted by Crippen LogP contribution is 2.08. The van der Waals surface area contributed by atoms with Crippen molar-refractivity contribution in [3.63, 3.8) is 0 Å². The zero-order valence-electron chi connectivity index (χ0n) is 9.38. The number of ether oxygens (including phenoxy) is 1. The van der Waals surface area contributed by atoms with Crippen LogP contribution in [0.4, 0.5) is 0 Å². The Morgan fingerprint density at radius 2 is 2.41 bits per heavy atom. The summed E-state index contributed by atoms with van der Waals surface area (Å²) >= 11 is 0. The molecule has 2 aromatic rings. The molecule has 2 heterocycles. The van der Waals surface area contributed by atoms with Gasteiger partial charge in [-0.15, -0.1) is 0 Å². The number of nitrogens with zero attached hydrogens (tertiary/aromatic N) is 2. The molecule has 0 spiro atoms. The lowest BCUT2D eigenvalue weighted by Gasteiger charge is -2.02. The molecule has 17 heavy (non-hydrogen) atoms. The van der Waals surface area contributed by atoms with E-state index in [1.807, 2.05) is 6.92 Å². The van der Waals surface area contributed by atoms with E-state index >= 15 is 0 Å². The summed E-state index contributed by atoms with van der Waals surface area (Å²) in [6.45, 7) is 2.06. The number of fused-ring (bicyclic) bond motifs is 1. The molecule has 6 nitrogen and oxygen atoms in total. The lowest BCUT2D eigenvalue weighted by molar-refractivity contribution is -0.144. The number of hydrogen-bond acceptors (Lipinski definition) is 5. The third-order valence-electron chi connectivity index (χ3n) is 2.18. The Morgan fingerprint density at radius 3 is 3.18 bits per heavy atom. The summed E-state index contributed by atoms with van der Waals surface area (Å²) in [7, 11) is 0. The predicted octanol–water partition coefficient (Wildman–Crippen LogP) is 0.943. The fraction of sp³-hybridized carbons (Fsp3) is 0.364. The van der Waals surface area contributed by atoms with Crippen LogP contribution in [-0.4, -0.2) is 22.1 Å². The summed E-state index contributed by atoms with van der Waals surface area (Å²) in [6.07, 6.45) is 2.27. The summed E-state index contributed by atoms with van der Waals surface area (Å²) in [5.41, 5.74) is 0.715. The van der Waals surface area contributed by atoms with Gasteiger partial charge in [0.25, 0.3) is 0 Å². The van der Waals surface area contributed by atoms with Crippen LogP contribution in [0.3, 0.4) is 0 Å². The molecule has 0 radical (unpaired) electrons. The van der Waals surface area contributed by atoms with E-state index in [2.05, 4.69) is 4.98 Å². The quantitative estimate of drug-likeness (QED) is 0.738. The van der Waals surface area contributed by atoms with Crippen LogP contribution in [0.5, 0.6) is 0 Å². The molecule has 2 aromatic heterocycles. The Hall–Kier alpha value is -2.11. The molecule has 0 fully saturated rings. The molecule has 0 N–H and O–H groups in total. The van der Waals surface area contributed by atoms with Crippen molar-refractivity contribution in [3.8, 4) is 0 Å². The van der Waals surface area contributed by atoms with Gasteiger partial charge in [-0.2, -0.15) is 0 Å². The van der Waals surface area contributed by atoms with Gasteiger partial charge in [-0.05, 0) is 18.6 Å². The molecule has 0 aliphatic carbocycles. The van der Waals surface area contributed by atoms with Crippen molar-refractivity contribution in [2.24, 2.45) is 0 Å². The van der Waals surface area contributed by atoms with E-state index < -0.39 is 11.7 Å². The number of rotatable bonds is 4. The Bertz CT molecular complexity index is 584. The monoisotopic (exact) mass is 236 g/mol. The van der Waals surface area contributed by atoms with E-state index in [-0.39, 0.29) is 6.54 Å². The van der Waals surface area contributed by atoms with Crippen LogP contribution in [-0.2, 0) is 16.1 Å². The van der Waals surface area contributed by atoms with Crippen molar-refractivity contribution >= 4 is 17.2 Å². The number of carbonyl (C=O) groups excluding carboxylic acids is 1. The lowest BCUT2D eigenvalue weighted by Crippen LogP contribution is -2.22. The molecule has 0 unspecified atom stereocenters. The number of oxazole rings is 1. The Balaban J connectivity index is 2.26. The normalized spacial score (nSPS) is 10.6. The molecule has 0 aliphatic rings. The highest BCUT2D eigenvalue weighted by molar-refractivity contribution is 5.73. The van der Waals surface area contributed by atoms with Crippen molar-refractivity contribution in [2.75, 3.05) is 6.61 Å². The Kier molecular flexibility index (Phi) is 3.22. The first kappa shape index (κ1) is 11.4. The fourth-order valence-electron chi connectivity index (χ4n) is 1.43. The van der Waals surface area contributed by atoms with Gasteiger partial charge >= 0.3 is 11.7 Å². The number of aromatic nitrogens is 2. The van der Waals surface area contributed by atoms with Gasteiger partial charge in [-0.25, -0.2) is 14.3 Å². The largest absolute Gasteiger partial charge is 0.464 e. The van der Waals surface area contributed by atoms with Crippen molar-refractivity contribution in [3.05, 3.63) is 28.9 Å². The molecule has 0 atom stereocenters. The fourth-order valence-corrected chi connectivity index (χ4v) is 1.43. The number of hydrogen-bond donors (Lipinski definition) is 0. The molecule has 0 aromatic carbocycles. The van der Waals surface area contributed by atoms with E-state index in [0.717, 1.165) is 11.0 Å². The summed E-state index contributed by atoms with van der Waals surface area (Å²) in [5, 5.41) is 0. The first-order chi connectivity index (χ1) is 8.22. The summed E-state index contributed by atoms with van der Waals surface area (Å²) in [6, 6.07) is 3.28. The minimum absolute atomic E-state index is 0.178. The minimum Gasteiger partial charge on any atom is -0.464 e. The molecular formula is C11H12N2O4. The van der Waals surface area contributed by atoms with Gasteiger partial charge in [0.1, 0.15) is 6.54 Å². The molecule has 0 bridgehead atoms. The van der Waals surface area contributed by atoms with Crippen molar-refractivity contribution in [2.45, 2.75) is 19.9 Å². The van der Waals surface area contributed by atoms with E-state index in [0.29, 0.717) is 17.8 Å². The second-order valence-electron chi connectivity index (χ2n) is 3.50. The van der Waals surface area contributed by atoms with Crippen LogP contribution < -0.4 is 5.76 Å². The summed E-state index contributed by atoms with van der Waals surface area (Å²) < 4.78 is 11.0. The zero-order valence-corrected chi connectivity index (χ0v) is 9.38. The maximum atomic E-state index is 11.5. The van der Waals surface area contributed by atoms with E-state index in [4.69, 9.17) is 9.15 Å². The minimum atomic E-state index is -0.604. The number of esters is 1. The van der Waals surface area contributed by atoms with Crippen LogP contribution in [0.15, 0.2) is 27.5 Å². The van der Waals surface area contributed by atoms with Crippen LogP contribution >= 0.6 is 0 Å². The maximum Gasteiger partial charge on any atom is 0.421 e. The van der Waals surface area contributed by atoms with E-state index in [1.54, 1.807) is 12.1 Å². The average molecular weight is 236 g/mol. The van der Waals surface area contributed by atoms with Crippen molar-refractivity contribution in [1.29, 1.82) is 0 Å². The van der Waals surface area contributed by atoms with Gasteiger partial charge in [0.05, 0.1) is 6.61 Å². The molecule has 0 saturated heterocycles. The van der Waals surface area contributed by atoms with E-state index in [1.165, 1.54) is 6.20 Å². The van der Waals surface area contributed by atoms with Gasteiger partial charge in [-0.1, -0.05) is 6.92 Å². The van der Waals surface area contributed by atoms with E-state index in [9.17, 15) is 9.59 Å². The van der Waals surface area contributed by atoms with Gasteiger partial charge in [-0.3, -0.25) is 4.79 Å². The highest BCUT2D eigenvalue weighted by atomic mass is 16.5. The van der Waals surface area contributed by atoms with Crippen LogP contribution in [0.2, 0.25) is 0 Å². The Labute approximate surface area is 96.8 Å². The highest BCUT2D eigenvalue weighted by Gasteiger charge is 2.13. The number of carbonyl (C=O) groups is 1. The summed E-state index contributed by atoms with van der Waals surface area (Å²) in [5.74, 6) is -1.07. The van der Waals surface area contributed by atoms with Crippen LogP contribution in [0.25, 0.3) is 11.2 Å². The van der Waals surface area contributed by atoms with Crippen molar-refractivity contribution < 1.29 is 13.9 Å². The smallest absolute Gasteiger partial charge is 0.421 e. The molecule has 0 saturated carbocycles. The Morgan fingerprint density at radius 1 is 1.59 bits per heavy atom. The van der Waals surface area contributed by atoms with Gasteiger partial charge in [0, 0.05) is 6.20 Å². The second-order valence-corrected chi connectivity index (χ2v) is 3.50. The standard InChI is InChI=1S/C11H12N2O4/c1-2-6-16-9(14)7-13-10-8(17-11(13)15)4-3-5-12-10/h3-5H,2,6-7H2,1H3. The third kappa shape index (κ3) is 2.35. The third-order valence-corrected chi connectivity index (χ3v) is 2.18. The topological polar surface area (TPSA) is 74.3 Å². The molecule has 2 rings (SSSR count). The van der Waals surface area contributed by atoms with Crippen LogP contribution in [0, 0.1) is 0 Å². The molecule has 0 amide bonds. The second kappa shape index (κ2) is 4.82.